The molecule has 0 bridgehead atoms. The van der Waals surface area contributed by atoms with Gasteiger partial charge in [-0.3, -0.25) is 19.4 Å². The minimum atomic E-state index is -0.687. The molecular formula is C27H31N5O5. The first-order valence-corrected chi connectivity index (χ1v) is 12.6. The Bertz CT molecular complexity index is 1380. The predicted octanol–water partition coefficient (Wildman–Crippen LogP) is 3.04. The standard InChI is InChI=1S/C27H31N5O5/c1-16-6-5-10-28-18(16)25(27(2)8-3-4-9-27)31-20-19(23(34)24(20)35)30-17-7-11-29-21(22(17)33)26(36)32-12-14-37-15-13-32/h5-7,10-11,25,31,33H,3-4,8-9,12-15H2,1-2H3,(H,29,30)/t25-/m0/s1. The number of ether oxygens (including phenoxy) is 1. The van der Waals surface area contributed by atoms with Crippen LogP contribution in [0.25, 0.3) is 0 Å². The number of carbonyl (C=O) groups is 1. The molecule has 1 aromatic carbocycles. The monoisotopic (exact) mass is 505 g/mol. The highest BCUT2D eigenvalue weighted by Crippen LogP contribution is 2.49. The van der Waals surface area contributed by atoms with E-state index in [1.165, 1.54) is 12.3 Å². The zero-order chi connectivity index (χ0) is 26.2. The maximum atomic E-state index is 12.9. The first-order chi connectivity index (χ1) is 17.8. The normalized spacial score (nSPS) is 18.1. The Morgan fingerprint density at radius 1 is 1.08 bits per heavy atom. The molecule has 10 nitrogen and oxygen atoms in total. The van der Waals surface area contributed by atoms with Crippen LogP contribution in [-0.2, 0) is 4.74 Å². The van der Waals surface area contributed by atoms with Crippen LogP contribution < -0.4 is 21.5 Å². The van der Waals surface area contributed by atoms with E-state index < -0.39 is 16.8 Å². The number of pyridine rings is 2. The summed E-state index contributed by atoms with van der Waals surface area (Å²) in [5.74, 6) is -0.800. The van der Waals surface area contributed by atoms with Crippen molar-refractivity contribution in [1.29, 1.82) is 0 Å². The molecule has 3 aromatic rings. The van der Waals surface area contributed by atoms with Crippen LogP contribution >= 0.6 is 0 Å². The average Bonchev–Trinajstić information content (AvgIpc) is 3.36. The van der Waals surface area contributed by atoms with Gasteiger partial charge in [0, 0.05) is 25.5 Å². The molecule has 0 radical (unpaired) electrons. The number of hydrogen-bond acceptors (Lipinski definition) is 9. The molecular weight excluding hydrogens is 474 g/mol. The molecule has 3 heterocycles. The summed E-state index contributed by atoms with van der Waals surface area (Å²) in [6.07, 6.45) is 7.23. The van der Waals surface area contributed by atoms with Gasteiger partial charge in [0.1, 0.15) is 11.4 Å². The Morgan fingerprint density at radius 3 is 2.49 bits per heavy atom. The summed E-state index contributed by atoms with van der Waals surface area (Å²) in [5.41, 5.74) is 0.596. The van der Waals surface area contributed by atoms with Crippen molar-refractivity contribution >= 4 is 23.0 Å². The summed E-state index contributed by atoms with van der Waals surface area (Å²) >= 11 is 0. The van der Waals surface area contributed by atoms with Gasteiger partial charge in [0.15, 0.2) is 11.4 Å². The van der Waals surface area contributed by atoms with E-state index in [1.807, 2.05) is 19.1 Å². The molecule has 3 N–H and O–H groups in total. The molecule has 37 heavy (non-hydrogen) atoms. The third-order valence-corrected chi connectivity index (χ3v) is 7.65. The molecule has 194 valence electrons. The van der Waals surface area contributed by atoms with Crippen molar-refractivity contribution in [2.75, 3.05) is 36.9 Å². The topological polar surface area (TPSA) is 134 Å². The number of aryl methyl sites for hydroxylation is 1. The van der Waals surface area contributed by atoms with Crippen LogP contribution in [0.5, 0.6) is 5.75 Å². The minimum Gasteiger partial charge on any atom is -0.504 e. The van der Waals surface area contributed by atoms with E-state index in [-0.39, 0.29) is 40.0 Å². The van der Waals surface area contributed by atoms with E-state index in [0.717, 1.165) is 36.9 Å². The second kappa shape index (κ2) is 9.93. The molecule has 2 fully saturated rings. The molecule has 0 unspecified atom stereocenters. The number of nitrogens with one attached hydrogen (secondary N) is 2. The number of morpholine rings is 1. The molecule has 2 aromatic heterocycles. The quantitative estimate of drug-likeness (QED) is 0.414. The van der Waals surface area contributed by atoms with Crippen LogP contribution in [0, 0.1) is 12.3 Å². The van der Waals surface area contributed by atoms with Gasteiger partial charge in [-0.15, -0.1) is 0 Å². The summed E-state index contributed by atoms with van der Waals surface area (Å²) in [4.78, 5) is 48.5. The fraction of sp³-hybridized carbons (Fsp3) is 0.444. The zero-order valence-electron chi connectivity index (χ0n) is 21.0. The third-order valence-electron chi connectivity index (χ3n) is 7.65. The number of aromatic nitrogens is 2. The van der Waals surface area contributed by atoms with Gasteiger partial charge in [-0.1, -0.05) is 25.8 Å². The van der Waals surface area contributed by atoms with Crippen molar-refractivity contribution in [1.82, 2.24) is 14.9 Å². The molecule has 5 rings (SSSR count). The van der Waals surface area contributed by atoms with Gasteiger partial charge in [-0.05, 0) is 42.9 Å². The molecule has 1 atom stereocenters. The van der Waals surface area contributed by atoms with Crippen molar-refractivity contribution in [2.24, 2.45) is 5.41 Å². The van der Waals surface area contributed by atoms with E-state index in [4.69, 9.17) is 4.74 Å². The SMILES string of the molecule is Cc1cccnc1[C@H](Nc1c(Nc2ccnc(C(=O)N3CCOCC3)c2O)c(=O)c1=O)C1(C)CCCC1. The van der Waals surface area contributed by atoms with Crippen molar-refractivity contribution < 1.29 is 14.6 Å². The molecule has 1 amide bonds. The first kappa shape index (κ1) is 24.9. The number of anilines is 3. The van der Waals surface area contributed by atoms with E-state index in [0.29, 0.717) is 26.3 Å². The highest BCUT2D eigenvalue weighted by Gasteiger charge is 2.41. The largest absolute Gasteiger partial charge is 0.504 e. The van der Waals surface area contributed by atoms with Crippen LogP contribution in [0.2, 0.25) is 0 Å². The lowest BCUT2D eigenvalue weighted by atomic mass is 9.77. The van der Waals surface area contributed by atoms with Crippen LogP contribution in [0.15, 0.2) is 40.2 Å². The number of hydrogen-bond donors (Lipinski definition) is 3. The highest BCUT2D eigenvalue weighted by atomic mass is 16.5. The lowest BCUT2D eigenvalue weighted by Gasteiger charge is -2.36. The highest BCUT2D eigenvalue weighted by molar-refractivity contribution is 5.97. The maximum absolute atomic E-state index is 12.9. The number of rotatable bonds is 7. The third kappa shape index (κ3) is 4.57. The van der Waals surface area contributed by atoms with Gasteiger partial charge in [0.05, 0.1) is 30.6 Å². The van der Waals surface area contributed by atoms with Crippen molar-refractivity contribution in [3.05, 3.63) is 68.0 Å². The maximum Gasteiger partial charge on any atom is 0.276 e. The number of aromatic hydroxyl groups is 1. The summed E-state index contributed by atoms with van der Waals surface area (Å²) in [6.45, 7) is 5.80. The number of amides is 1. The van der Waals surface area contributed by atoms with Gasteiger partial charge >= 0.3 is 0 Å². The van der Waals surface area contributed by atoms with Crippen LogP contribution in [0.3, 0.4) is 0 Å². The second-order valence-electron chi connectivity index (χ2n) is 10.1. The summed E-state index contributed by atoms with van der Waals surface area (Å²) in [5, 5.41) is 17.1. The fourth-order valence-electron chi connectivity index (χ4n) is 5.40. The Labute approximate surface area is 214 Å². The van der Waals surface area contributed by atoms with E-state index in [1.54, 1.807) is 11.1 Å². The van der Waals surface area contributed by atoms with Crippen molar-refractivity contribution in [3.63, 3.8) is 0 Å². The molecule has 0 spiro atoms. The van der Waals surface area contributed by atoms with Gasteiger partial charge in [-0.2, -0.15) is 0 Å². The van der Waals surface area contributed by atoms with Gasteiger partial charge < -0.3 is 25.4 Å². The molecule has 1 saturated heterocycles. The van der Waals surface area contributed by atoms with Gasteiger partial charge in [-0.25, -0.2) is 4.98 Å². The van der Waals surface area contributed by atoms with Gasteiger partial charge in [0.25, 0.3) is 16.8 Å². The lowest BCUT2D eigenvalue weighted by molar-refractivity contribution is 0.0297. The lowest BCUT2D eigenvalue weighted by Crippen LogP contribution is -2.41. The predicted molar refractivity (Wildman–Crippen MR) is 139 cm³/mol. The van der Waals surface area contributed by atoms with Gasteiger partial charge in [0.2, 0.25) is 0 Å². The molecule has 1 aliphatic carbocycles. The van der Waals surface area contributed by atoms with Crippen LogP contribution in [-0.4, -0.2) is 52.2 Å². The zero-order valence-corrected chi connectivity index (χ0v) is 21.0. The van der Waals surface area contributed by atoms with E-state index in [9.17, 15) is 19.5 Å². The van der Waals surface area contributed by atoms with E-state index in [2.05, 4.69) is 27.5 Å². The molecule has 1 saturated carbocycles. The summed E-state index contributed by atoms with van der Waals surface area (Å²) in [7, 11) is 0. The second-order valence-corrected chi connectivity index (χ2v) is 10.1. The molecule has 1 aliphatic heterocycles. The summed E-state index contributed by atoms with van der Waals surface area (Å²) < 4.78 is 5.29. The Hall–Kier alpha value is -3.79. The fourth-order valence-corrected chi connectivity index (χ4v) is 5.40. The minimum absolute atomic E-state index is 0.0523. The Morgan fingerprint density at radius 2 is 1.78 bits per heavy atom. The molecule has 2 aliphatic rings. The van der Waals surface area contributed by atoms with Crippen molar-refractivity contribution in [3.8, 4) is 5.75 Å². The van der Waals surface area contributed by atoms with E-state index >= 15 is 0 Å². The van der Waals surface area contributed by atoms with Crippen LogP contribution in [0.4, 0.5) is 17.1 Å². The van der Waals surface area contributed by atoms with Crippen molar-refractivity contribution in [2.45, 2.75) is 45.6 Å². The average molecular weight is 506 g/mol. The Kier molecular flexibility index (Phi) is 6.68. The summed E-state index contributed by atoms with van der Waals surface area (Å²) in [6, 6.07) is 5.05. The Balaban J connectivity index is 1.45. The number of carbonyl (C=O) groups excluding carboxylic acids is 1. The number of nitrogens with zero attached hydrogens (tertiary/aromatic N) is 3. The van der Waals surface area contributed by atoms with Crippen LogP contribution in [0.1, 0.15) is 60.4 Å². The first-order valence-electron chi connectivity index (χ1n) is 12.6. The molecule has 10 heteroatoms. The smallest absolute Gasteiger partial charge is 0.276 e.